The Morgan fingerprint density at radius 1 is 1.19 bits per heavy atom. The van der Waals surface area contributed by atoms with Crippen LogP contribution in [0.3, 0.4) is 0 Å². The minimum absolute atomic E-state index is 0.123. The molecule has 6 rings (SSSR count). The van der Waals surface area contributed by atoms with Crippen molar-refractivity contribution in [3.8, 4) is 17.6 Å². The molecule has 5 heterocycles. The van der Waals surface area contributed by atoms with Crippen molar-refractivity contribution in [2.24, 2.45) is 0 Å². The Bertz CT molecular complexity index is 1410. The highest BCUT2D eigenvalue weighted by Gasteiger charge is 2.25. The van der Waals surface area contributed by atoms with Gasteiger partial charge in [0.1, 0.15) is 28.8 Å². The fourth-order valence-electron chi connectivity index (χ4n) is 4.81. The number of aromatic nitrogens is 5. The molecule has 0 bridgehead atoms. The number of anilines is 1. The quantitative estimate of drug-likeness (QED) is 0.402. The van der Waals surface area contributed by atoms with E-state index in [2.05, 4.69) is 37.3 Å². The zero-order valence-electron chi connectivity index (χ0n) is 19.8. The van der Waals surface area contributed by atoms with Crippen molar-refractivity contribution in [2.45, 2.75) is 18.9 Å². The van der Waals surface area contributed by atoms with Gasteiger partial charge in [-0.1, -0.05) is 11.6 Å². The van der Waals surface area contributed by atoms with E-state index in [-0.39, 0.29) is 22.7 Å². The lowest BCUT2D eigenvalue weighted by atomic mass is 10.2. The Labute approximate surface area is 211 Å². The van der Waals surface area contributed by atoms with Gasteiger partial charge in [0.15, 0.2) is 5.75 Å². The maximum Gasteiger partial charge on any atom is 0.319 e. The number of fused-ring (bicyclic) bond motifs is 2. The lowest BCUT2D eigenvalue weighted by Gasteiger charge is -2.29. The first kappa shape index (κ1) is 23.1. The average Bonchev–Trinajstić information content (AvgIpc) is 3.54. The van der Waals surface area contributed by atoms with Crippen molar-refractivity contribution >= 4 is 39.2 Å². The Kier molecular flexibility index (Phi) is 6.20. The standard InChI is InChI=1S/C24H26ClFN8O2/c1-33-8-2-3-14(33)13-35-24-30-20-15(22(31-24)34-9-6-27-7-10-34)4-5-28-23(20)36-21-16-12-29-32-18(16)11-17(26)19(21)25/h4-5,11-12,14,27H,2-3,6-10,13H2,1H3,(H,29,32)/t14-/m0/s1. The van der Waals surface area contributed by atoms with Gasteiger partial charge in [0.25, 0.3) is 0 Å². The third-order valence-electron chi connectivity index (χ3n) is 6.83. The van der Waals surface area contributed by atoms with Crippen molar-refractivity contribution in [2.75, 3.05) is 51.3 Å². The van der Waals surface area contributed by atoms with Gasteiger partial charge >= 0.3 is 6.01 Å². The highest BCUT2D eigenvalue weighted by atomic mass is 35.5. The molecule has 2 saturated heterocycles. The number of likely N-dealkylation sites (N-methyl/N-ethyl adjacent to an activating group) is 1. The van der Waals surface area contributed by atoms with Crippen LogP contribution in [0.15, 0.2) is 24.5 Å². The highest BCUT2D eigenvalue weighted by molar-refractivity contribution is 6.33. The number of pyridine rings is 1. The van der Waals surface area contributed by atoms with Crippen LogP contribution in [0.2, 0.25) is 5.02 Å². The van der Waals surface area contributed by atoms with Crippen LogP contribution in [-0.2, 0) is 0 Å². The van der Waals surface area contributed by atoms with E-state index in [4.69, 9.17) is 31.0 Å². The molecule has 2 N–H and O–H groups in total. The van der Waals surface area contributed by atoms with Crippen LogP contribution in [0.4, 0.5) is 10.2 Å². The van der Waals surface area contributed by atoms with E-state index in [0.29, 0.717) is 29.1 Å². The minimum atomic E-state index is -0.621. The summed E-state index contributed by atoms with van der Waals surface area (Å²) in [4.78, 5) is 18.4. The van der Waals surface area contributed by atoms with Crippen molar-refractivity contribution < 1.29 is 13.9 Å². The van der Waals surface area contributed by atoms with E-state index in [1.165, 1.54) is 12.3 Å². The van der Waals surface area contributed by atoms with Gasteiger partial charge in [-0.2, -0.15) is 15.1 Å². The zero-order valence-corrected chi connectivity index (χ0v) is 20.6. The van der Waals surface area contributed by atoms with Crippen molar-refractivity contribution in [1.82, 2.24) is 35.4 Å². The molecule has 2 aliphatic heterocycles. The third kappa shape index (κ3) is 4.27. The average molecular weight is 513 g/mol. The van der Waals surface area contributed by atoms with Gasteiger partial charge in [-0.15, -0.1) is 0 Å². The fraction of sp³-hybridized carbons (Fsp3) is 0.417. The number of hydrogen-bond acceptors (Lipinski definition) is 9. The lowest BCUT2D eigenvalue weighted by molar-refractivity contribution is 0.188. The Morgan fingerprint density at radius 3 is 2.86 bits per heavy atom. The van der Waals surface area contributed by atoms with Crippen molar-refractivity contribution in [3.05, 3.63) is 35.4 Å². The summed E-state index contributed by atoms with van der Waals surface area (Å²) in [5, 5.41) is 11.3. The summed E-state index contributed by atoms with van der Waals surface area (Å²) in [5.74, 6) is 0.439. The molecule has 2 aliphatic rings. The second kappa shape index (κ2) is 9.64. The summed E-state index contributed by atoms with van der Waals surface area (Å²) in [6.45, 7) is 4.82. The number of piperazine rings is 1. The zero-order chi connectivity index (χ0) is 24.6. The van der Waals surface area contributed by atoms with Gasteiger partial charge in [-0.3, -0.25) is 5.10 Å². The summed E-state index contributed by atoms with van der Waals surface area (Å²) >= 11 is 6.30. The monoisotopic (exact) mass is 512 g/mol. The SMILES string of the molecule is CN1CCC[C@H]1COc1nc(N2CCNCC2)c2ccnc(Oc3c(Cl)c(F)cc4[nH]ncc34)c2n1. The number of benzene rings is 1. The normalized spacial score (nSPS) is 18.9. The van der Waals surface area contributed by atoms with Crippen LogP contribution in [0, 0.1) is 5.82 Å². The highest BCUT2D eigenvalue weighted by Crippen LogP contribution is 2.40. The topological polar surface area (TPSA) is 104 Å². The Morgan fingerprint density at radius 2 is 2.06 bits per heavy atom. The molecule has 188 valence electrons. The molecule has 0 amide bonds. The van der Waals surface area contributed by atoms with E-state index in [9.17, 15) is 4.39 Å². The first-order chi connectivity index (χ1) is 17.6. The van der Waals surface area contributed by atoms with Gasteiger partial charge in [-0.05, 0) is 32.5 Å². The van der Waals surface area contributed by atoms with Gasteiger partial charge < -0.3 is 24.6 Å². The van der Waals surface area contributed by atoms with Crippen LogP contribution >= 0.6 is 11.6 Å². The van der Waals surface area contributed by atoms with E-state index in [1.54, 1.807) is 6.20 Å². The van der Waals surface area contributed by atoms with Crippen molar-refractivity contribution in [3.63, 3.8) is 0 Å². The molecule has 2 fully saturated rings. The second-order valence-corrected chi connectivity index (χ2v) is 9.48. The van der Waals surface area contributed by atoms with Crippen LogP contribution in [-0.4, -0.2) is 82.5 Å². The van der Waals surface area contributed by atoms with Gasteiger partial charge in [0.05, 0.1) is 22.5 Å². The van der Waals surface area contributed by atoms with Gasteiger partial charge in [-0.25, -0.2) is 9.37 Å². The molecule has 0 spiro atoms. The molecule has 10 nitrogen and oxygen atoms in total. The molecule has 12 heteroatoms. The summed E-state index contributed by atoms with van der Waals surface area (Å²) in [7, 11) is 2.10. The summed E-state index contributed by atoms with van der Waals surface area (Å²) in [6, 6.07) is 3.71. The molecule has 0 saturated carbocycles. The number of likely N-dealkylation sites (tertiary alicyclic amines) is 1. The molecule has 36 heavy (non-hydrogen) atoms. The van der Waals surface area contributed by atoms with E-state index < -0.39 is 5.82 Å². The number of hydrogen-bond donors (Lipinski definition) is 2. The molecule has 3 aromatic heterocycles. The number of H-pyrrole nitrogens is 1. The summed E-state index contributed by atoms with van der Waals surface area (Å²) in [6.07, 6.45) is 5.38. The van der Waals surface area contributed by atoms with Crippen molar-refractivity contribution in [1.29, 1.82) is 0 Å². The molecular weight excluding hydrogens is 487 g/mol. The lowest BCUT2D eigenvalue weighted by Crippen LogP contribution is -2.44. The Hall–Kier alpha value is -3.28. The molecule has 1 atom stereocenters. The number of ether oxygens (including phenoxy) is 2. The Balaban J connectivity index is 1.43. The fourth-order valence-corrected chi connectivity index (χ4v) is 5.01. The number of nitrogens with zero attached hydrogens (tertiary/aromatic N) is 6. The minimum Gasteiger partial charge on any atom is -0.462 e. The van der Waals surface area contributed by atoms with E-state index in [1.807, 2.05) is 6.07 Å². The first-order valence-electron chi connectivity index (χ1n) is 12.0. The maximum atomic E-state index is 14.5. The third-order valence-corrected chi connectivity index (χ3v) is 7.18. The van der Waals surface area contributed by atoms with Crippen LogP contribution in [0.5, 0.6) is 17.6 Å². The van der Waals surface area contributed by atoms with E-state index in [0.717, 1.165) is 56.8 Å². The largest absolute Gasteiger partial charge is 0.462 e. The van der Waals surface area contributed by atoms with Gasteiger partial charge in [0, 0.05) is 44.5 Å². The smallest absolute Gasteiger partial charge is 0.319 e. The van der Waals surface area contributed by atoms with Gasteiger partial charge in [0.2, 0.25) is 5.88 Å². The van der Waals surface area contributed by atoms with E-state index >= 15 is 0 Å². The number of halogens is 2. The molecule has 4 aromatic rings. The van der Waals surface area contributed by atoms with Crippen LogP contribution in [0.1, 0.15) is 12.8 Å². The number of rotatable bonds is 6. The molecule has 0 radical (unpaired) electrons. The summed E-state index contributed by atoms with van der Waals surface area (Å²) in [5.41, 5.74) is 0.931. The van der Waals surface area contributed by atoms with Crippen LogP contribution in [0.25, 0.3) is 21.8 Å². The number of nitrogens with one attached hydrogen (secondary N) is 2. The number of aromatic amines is 1. The molecule has 0 unspecified atom stereocenters. The van der Waals surface area contributed by atoms with Crippen LogP contribution < -0.4 is 19.7 Å². The maximum absolute atomic E-state index is 14.5. The molecule has 0 aliphatic carbocycles. The molecule has 1 aromatic carbocycles. The first-order valence-corrected chi connectivity index (χ1v) is 12.4. The second-order valence-electron chi connectivity index (χ2n) is 9.10. The predicted octanol–water partition coefficient (Wildman–Crippen LogP) is 3.37. The molecular formula is C24H26ClFN8O2. The summed E-state index contributed by atoms with van der Waals surface area (Å²) < 4.78 is 26.8. The predicted molar refractivity (Wildman–Crippen MR) is 135 cm³/mol.